The van der Waals surface area contributed by atoms with Crippen LogP contribution < -0.4 is 5.43 Å². The number of aromatic hydroxyl groups is 1. The van der Waals surface area contributed by atoms with Crippen molar-refractivity contribution >= 4 is 11.6 Å². The quantitative estimate of drug-likeness (QED) is 0.592. The Hall–Kier alpha value is -2.56. The van der Waals surface area contributed by atoms with Gasteiger partial charge < -0.3 is 10.1 Å². The number of aromatic nitrogens is 1. The third-order valence-electron chi connectivity index (χ3n) is 3.07. The molecular formula is C15H17N3O2. The predicted octanol–water partition coefficient (Wildman–Crippen LogP) is 2.49. The van der Waals surface area contributed by atoms with Crippen LogP contribution in [-0.2, 0) is 0 Å². The smallest absolute Gasteiger partial charge is 0.271 e. The topological polar surface area (TPSA) is 77.5 Å². The van der Waals surface area contributed by atoms with Gasteiger partial charge in [0.1, 0.15) is 5.75 Å². The Kier molecular flexibility index (Phi) is 3.89. The number of phenolic OH excluding ortho intramolecular Hbond substituents is 1. The average molecular weight is 271 g/mol. The molecule has 3 N–H and O–H groups in total. The number of benzene rings is 1. The molecule has 104 valence electrons. The molecule has 1 amide bonds. The number of aromatic amines is 1. The highest BCUT2D eigenvalue weighted by Gasteiger charge is 2.09. The molecule has 0 aliphatic heterocycles. The van der Waals surface area contributed by atoms with E-state index >= 15 is 0 Å². The standard InChI is InChI=1S/C15H17N3O2/c1-9-8-16-10(2)14(9)11(3)17-18-15(20)12-5-4-6-13(19)7-12/h4-8,16,19H,1-3H3,(H,18,20)/b17-11+. The van der Waals surface area contributed by atoms with Crippen molar-refractivity contribution in [2.75, 3.05) is 0 Å². The van der Waals surface area contributed by atoms with Crippen molar-refractivity contribution in [2.45, 2.75) is 20.8 Å². The Balaban J connectivity index is 2.15. The lowest BCUT2D eigenvalue weighted by molar-refractivity contribution is 0.0954. The zero-order valence-corrected chi connectivity index (χ0v) is 11.7. The third kappa shape index (κ3) is 2.88. The van der Waals surface area contributed by atoms with E-state index in [1.54, 1.807) is 12.1 Å². The number of hydrogen-bond donors (Lipinski definition) is 3. The lowest BCUT2D eigenvalue weighted by Crippen LogP contribution is -2.19. The first kappa shape index (κ1) is 13.9. The molecule has 1 aromatic heterocycles. The summed E-state index contributed by atoms with van der Waals surface area (Å²) < 4.78 is 0. The Labute approximate surface area is 117 Å². The molecule has 5 heteroatoms. The van der Waals surface area contributed by atoms with Gasteiger partial charge in [-0.15, -0.1) is 0 Å². The minimum absolute atomic E-state index is 0.0516. The van der Waals surface area contributed by atoms with E-state index in [2.05, 4.69) is 15.5 Å². The fourth-order valence-corrected chi connectivity index (χ4v) is 2.12. The molecule has 1 heterocycles. The van der Waals surface area contributed by atoms with Crippen molar-refractivity contribution < 1.29 is 9.90 Å². The molecule has 0 aliphatic carbocycles. The summed E-state index contributed by atoms with van der Waals surface area (Å²) in [5, 5.41) is 13.5. The van der Waals surface area contributed by atoms with Gasteiger partial charge in [-0.3, -0.25) is 4.79 Å². The van der Waals surface area contributed by atoms with Gasteiger partial charge in [0, 0.05) is 23.0 Å². The number of nitrogens with one attached hydrogen (secondary N) is 2. The summed E-state index contributed by atoms with van der Waals surface area (Å²) in [6.07, 6.45) is 1.90. The van der Waals surface area contributed by atoms with Crippen molar-refractivity contribution in [2.24, 2.45) is 5.10 Å². The van der Waals surface area contributed by atoms with Gasteiger partial charge in [-0.1, -0.05) is 6.07 Å². The van der Waals surface area contributed by atoms with E-state index in [1.807, 2.05) is 27.0 Å². The molecule has 0 unspecified atom stereocenters. The van der Waals surface area contributed by atoms with Crippen LogP contribution in [0.15, 0.2) is 35.6 Å². The van der Waals surface area contributed by atoms with Crippen LogP contribution in [-0.4, -0.2) is 21.7 Å². The fraction of sp³-hybridized carbons (Fsp3) is 0.200. The van der Waals surface area contributed by atoms with Crippen LogP contribution in [0.4, 0.5) is 0 Å². The molecular weight excluding hydrogens is 254 g/mol. The van der Waals surface area contributed by atoms with E-state index < -0.39 is 0 Å². The first-order chi connectivity index (χ1) is 9.49. The highest BCUT2D eigenvalue weighted by Crippen LogP contribution is 2.13. The summed E-state index contributed by atoms with van der Waals surface area (Å²) in [5.74, 6) is -0.304. The summed E-state index contributed by atoms with van der Waals surface area (Å²) in [7, 11) is 0. The molecule has 0 spiro atoms. The van der Waals surface area contributed by atoms with Crippen LogP contribution in [0.1, 0.15) is 34.1 Å². The Morgan fingerprint density at radius 2 is 2.10 bits per heavy atom. The van der Waals surface area contributed by atoms with Gasteiger partial charge in [0.2, 0.25) is 0 Å². The van der Waals surface area contributed by atoms with Crippen LogP contribution in [0.3, 0.4) is 0 Å². The number of aryl methyl sites for hydroxylation is 2. The summed E-state index contributed by atoms with van der Waals surface area (Å²) >= 11 is 0. The number of carbonyl (C=O) groups excluding carboxylic acids is 1. The molecule has 0 radical (unpaired) electrons. The number of H-pyrrole nitrogens is 1. The normalized spacial score (nSPS) is 11.4. The van der Waals surface area contributed by atoms with Gasteiger partial charge in [-0.05, 0) is 44.5 Å². The molecule has 0 saturated carbocycles. The van der Waals surface area contributed by atoms with Gasteiger partial charge in [-0.25, -0.2) is 5.43 Å². The molecule has 0 fully saturated rings. The Morgan fingerprint density at radius 3 is 2.70 bits per heavy atom. The fourth-order valence-electron chi connectivity index (χ4n) is 2.12. The number of hydrazone groups is 1. The SMILES string of the molecule is C/C(=N\NC(=O)c1cccc(O)c1)c1c(C)c[nH]c1C. The van der Waals surface area contributed by atoms with Gasteiger partial charge in [0.25, 0.3) is 5.91 Å². The van der Waals surface area contributed by atoms with Crippen LogP contribution in [0.2, 0.25) is 0 Å². The van der Waals surface area contributed by atoms with Crippen LogP contribution in [0, 0.1) is 13.8 Å². The maximum absolute atomic E-state index is 11.9. The second-order valence-electron chi connectivity index (χ2n) is 4.66. The second kappa shape index (κ2) is 5.61. The molecule has 0 atom stereocenters. The molecule has 0 aliphatic rings. The number of amides is 1. The number of nitrogens with zero attached hydrogens (tertiary/aromatic N) is 1. The van der Waals surface area contributed by atoms with Crippen molar-refractivity contribution in [3.8, 4) is 5.75 Å². The minimum atomic E-state index is -0.355. The monoisotopic (exact) mass is 271 g/mol. The van der Waals surface area contributed by atoms with Gasteiger partial charge in [0.05, 0.1) is 5.71 Å². The van der Waals surface area contributed by atoms with Gasteiger partial charge in [-0.2, -0.15) is 5.10 Å². The molecule has 20 heavy (non-hydrogen) atoms. The first-order valence-electron chi connectivity index (χ1n) is 6.27. The predicted molar refractivity (Wildman–Crippen MR) is 78.1 cm³/mol. The third-order valence-corrected chi connectivity index (χ3v) is 3.07. The molecule has 0 saturated heterocycles. The van der Waals surface area contributed by atoms with Crippen molar-refractivity contribution in [1.29, 1.82) is 0 Å². The van der Waals surface area contributed by atoms with Crippen LogP contribution >= 0.6 is 0 Å². The van der Waals surface area contributed by atoms with Gasteiger partial charge >= 0.3 is 0 Å². The summed E-state index contributed by atoms with van der Waals surface area (Å²) in [4.78, 5) is 15.0. The molecule has 5 nitrogen and oxygen atoms in total. The van der Waals surface area contributed by atoms with Crippen molar-refractivity contribution in [1.82, 2.24) is 10.4 Å². The number of rotatable bonds is 3. The van der Waals surface area contributed by atoms with E-state index in [-0.39, 0.29) is 11.7 Å². The van der Waals surface area contributed by atoms with E-state index in [1.165, 1.54) is 12.1 Å². The largest absolute Gasteiger partial charge is 0.508 e. The van der Waals surface area contributed by atoms with Crippen LogP contribution in [0.25, 0.3) is 0 Å². The highest BCUT2D eigenvalue weighted by molar-refractivity contribution is 6.02. The Bertz CT molecular complexity index is 652. The number of phenols is 1. The van der Waals surface area contributed by atoms with E-state index in [4.69, 9.17) is 0 Å². The van der Waals surface area contributed by atoms with E-state index in [0.717, 1.165) is 22.5 Å². The summed E-state index contributed by atoms with van der Waals surface area (Å²) in [6, 6.07) is 6.14. The number of hydrogen-bond acceptors (Lipinski definition) is 3. The number of carbonyl (C=O) groups is 1. The van der Waals surface area contributed by atoms with Crippen LogP contribution in [0.5, 0.6) is 5.75 Å². The minimum Gasteiger partial charge on any atom is -0.508 e. The van der Waals surface area contributed by atoms with Gasteiger partial charge in [0.15, 0.2) is 0 Å². The summed E-state index contributed by atoms with van der Waals surface area (Å²) in [6.45, 7) is 5.78. The average Bonchev–Trinajstić information content (AvgIpc) is 2.75. The molecule has 2 rings (SSSR count). The van der Waals surface area contributed by atoms with Crippen molar-refractivity contribution in [3.05, 3.63) is 52.8 Å². The maximum atomic E-state index is 11.9. The maximum Gasteiger partial charge on any atom is 0.271 e. The van der Waals surface area contributed by atoms with E-state index in [9.17, 15) is 9.90 Å². The zero-order chi connectivity index (χ0) is 14.7. The highest BCUT2D eigenvalue weighted by atomic mass is 16.3. The Morgan fingerprint density at radius 1 is 1.35 bits per heavy atom. The summed E-state index contributed by atoms with van der Waals surface area (Å²) in [5.41, 5.74) is 6.68. The van der Waals surface area contributed by atoms with Crippen molar-refractivity contribution in [3.63, 3.8) is 0 Å². The lowest BCUT2D eigenvalue weighted by Gasteiger charge is -2.04. The first-order valence-corrected chi connectivity index (χ1v) is 6.27. The van der Waals surface area contributed by atoms with E-state index in [0.29, 0.717) is 5.56 Å². The lowest BCUT2D eigenvalue weighted by atomic mass is 10.1. The second-order valence-corrected chi connectivity index (χ2v) is 4.66. The molecule has 2 aromatic rings. The molecule has 1 aromatic carbocycles. The molecule has 0 bridgehead atoms. The zero-order valence-electron chi connectivity index (χ0n) is 11.7.